The fourth-order valence-corrected chi connectivity index (χ4v) is 2.88. The van der Waals surface area contributed by atoms with Gasteiger partial charge in [0.1, 0.15) is 0 Å². The summed E-state index contributed by atoms with van der Waals surface area (Å²) >= 11 is 1.23. The Morgan fingerprint density at radius 1 is 1.48 bits per heavy atom. The second kappa shape index (κ2) is 6.46. The summed E-state index contributed by atoms with van der Waals surface area (Å²) in [4.78, 5) is 29.1. The fourth-order valence-electron chi connectivity index (χ4n) is 1.89. The number of aryl methyl sites for hydroxylation is 2. The lowest BCUT2D eigenvalue weighted by atomic mass is 9.97. The van der Waals surface area contributed by atoms with Crippen molar-refractivity contribution in [1.29, 1.82) is 5.26 Å². The number of carbonyl (C=O) groups excluding carboxylic acids is 2. The van der Waals surface area contributed by atoms with Gasteiger partial charge in [-0.25, -0.2) is 4.98 Å². The molecule has 1 unspecified atom stereocenters. The van der Waals surface area contributed by atoms with E-state index in [0.29, 0.717) is 10.4 Å². The number of nitriles is 1. The van der Waals surface area contributed by atoms with E-state index in [4.69, 9.17) is 4.42 Å². The van der Waals surface area contributed by atoms with E-state index < -0.39 is 17.5 Å². The van der Waals surface area contributed by atoms with Crippen LogP contribution in [0.25, 0.3) is 0 Å². The Hall–Kier alpha value is -2.26. The molecule has 0 spiro atoms. The van der Waals surface area contributed by atoms with Crippen LogP contribution in [0.3, 0.4) is 0 Å². The number of carbonyl (C=O) groups is 2. The van der Waals surface area contributed by atoms with Crippen LogP contribution in [-0.4, -0.2) is 16.6 Å². The number of thiazole rings is 1. The van der Waals surface area contributed by atoms with Gasteiger partial charge in [0.15, 0.2) is 17.5 Å². The summed E-state index contributed by atoms with van der Waals surface area (Å²) in [5.41, 5.74) is 0.615. The van der Waals surface area contributed by atoms with Crippen LogP contribution < -0.4 is 0 Å². The van der Waals surface area contributed by atoms with Gasteiger partial charge < -0.3 is 4.42 Å². The molecule has 108 valence electrons. The number of aromatic nitrogens is 1. The highest BCUT2D eigenvalue weighted by Gasteiger charge is 2.32. The summed E-state index contributed by atoms with van der Waals surface area (Å²) < 4.78 is 5.07. The lowest BCUT2D eigenvalue weighted by Gasteiger charge is -2.04. The monoisotopic (exact) mass is 302 g/mol. The van der Waals surface area contributed by atoms with Crippen LogP contribution in [0, 0.1) is 24.2 Å². The molecule has 0 saturated heterocycles. The van der Waals surface area contributed by atoms with Gasteiger partial charge in [-0.05, 0) is 31.4 Å². The molecule has 1 atom stereocenters. The Balaban J connectivity index is 2.24. The van der Waals surface area contributed by atoms with Crippen molar-refractivity contribution in [2.75, 3.05) is 0 Å². The average Bonchev–Trinajstić information content (AvgIpc) is 3.08. The summed E-state index contributed by atoms with van der Waals surface area (Å²) in [7, 11) is 0. The molecule has 2 aromatic rings. The second-order valence-corrected chi connectivity index (χ2v) is 5.71. The maximum atomic E-state index is 12.3. The van der Waals surface area contributed by atoms with Gasteiger partial charge in [0.2, 0.25) is 5.78 Å². The summed E-state index contributed by atoms with van der Waals surface area (Å²) in [5.74, 6) is -2.44. The molecule has 2 rings (SSSR count). The fraction of sp³-hybridized carbons (Fsp3) is 0.333. The molecule has 6 heteroatoms. The van der Waals surface area contributed by atoms with Crippen molar-refractivity contribution >= 4 is 22.9 Å². The van der Waals surface area contributed by atoms with Gasteiger partial charge in [-0.1, -0.05) is 6.92 Å². The molecule has 0 fully saturated rings. The van der Waals surface area contributed by atoms with Gasteiger partial charge in [0.25, 0.3) is 0 Å². The van der Waals surface area contributed by atoms with Gasteiger partial charge >= 0.3 is 0 Å². The minimum Gasteiger partial charge on any atom is -0.461 e. The maximum Gasteiger partial charge on any atom is 0.223 e. The first kappa shape index (κ1) is 15.1. The summed E-state index contributed by atoms with van der Waals surface area (Å²) in [6.45, 7) is 3.71. The minimum absolute atomic E-state index is 0.0631. The smallest absolute Gasteiger partial charge is 0.223 e. The van der Waals surface area contributed by atoms with Gasteiger partial charge in [-0.3, -0.25) is 9.59 Å². The molecule has 0 N–H and O–H groups in total. The number of hydrogen-bond acceptors (Lipinski definition) is 6. The highest BCUT2D eigenvalue weighted by Crippen LogP contribution is 2.22. The van der Waals surface area contributed by atoms with E-state index in [9.17, 15) is 14.9 Å². The predicted molar refractivity (Wildman–Crippen MR) is 77.3 cm³/mol. The van der Waals surface area contributed by atoms with Crippen LogP contribution in [0.5, 0.6) is 0 Å². The van der Waals surface area contributed by atoms with Crippen molar-refractivity contribution in [2.24, 2.45) is 5.92 Å². The molecular formula is C15H14N2O3S. The standard InChI is InChI=1S/C15H14N2O3S/c1-3-4-12-17-8-11(21-12)13(18)10(7-16)14(19)15-9(2)5-6-20-15/h5-6,8,10H,3-4H2,1-2H3. The summed E-state index contributed by atoms with van der Waals surface area (Å²) in [5, 5.41) is 10.0. The topological polar surface area (TPSA) is 84.0 Å². The van der Waals surface area contributed by atoms with E-state index >= 15 is 0 Å². The number of nitrogens with zero attached hydrogens (tertiary/aromatic N) is 2. The van der Waals surface area contributed by atoms with E-state index in [-0.39, 0.29) is 5.76 Å². The number of furan rings is 1. The third-order valence-corrected chi connectivity index (χ3v) is 4.07. The van der Waals surface area contributed by atoms with E-state index in [1.54, 1.807) is 19.1 Å². The second-order valence-electron chi connectivity index (χ2n) is 4.59. The lowest BCUT2D eigenvalue weighted by molar-refractivity contribution is 0.0830. The number of hydrogen-bond donors (Lipinski definition) is 0. The van der Waals surface area contributed by atoms with E-state index in [0.717, 1.165) is 17.8 Å². The Bertz CT molecular complexity index is 709. The molecule has 5 nitrogen and oxygen atoms in total. The first-order valence-electron chi connectivity index (χ1n) is 6.55. The maximum absolute atomic E-state index is 12.3. The molecule has 2 heterocycles. The van der Waals surface area contributed by atoms with Crippen LogP contribution in [-0.2, 0) is 6.42 Å². The Kier molecular flexibility index (Phi) is 4.66. The van der Waals surface area contributed by atoms with Crippen molar-refractivity contribution in [3.8, 4) is 6.07 Å². The van der Waals surface area contributed by atoms with Crippen LogP contribution in [0.4, 0.5) is 0 Å². The first-order valence-corrected chi connectivity index (χ1v) is 7.37. The van der Waals surface area contributed by atoms with Gasteiger partial charge in [-0.2, -0.15) is 5.26 Å². The molecule has 21 heavy (non-hydrogen) atoms. The summed E-state index contributed by atoms with van der Waals surface area (Å²) in [6, 6.07) is 3.40. The zero-order valence-electron chi connectivity index (χ0n) is 11.8. The molecule has 0 saturated carbocycles. The Morgan fingerprint density at radius 2 is 2.24 bits per heavy atom. The lowest BCUT2D eigenvalue weighted by Crippen LogP contribution is -2.22. The largest absolute Gasteiger partial charge is 0.461 e. The van der Waals surface area contributed by atoms with Gasteiger partial charge in [0, 0.05) is 6.20 Å². The zero-order chi connectivity index (χ0) is 15.4. The van der Waals surface area contributed by atoms with E-state index in [1.807, 2.05) is 6.92 Å². The quantitative estimate of drug-likeness (QED) is 0.604. The van der Waals surface area contributed by atoms with Crippen LogP contribution in [0.15, 0.2) is 22.9 Å². The average molecular weight is 302 g/mol. The molecule has 0 bridgehead atoms. The normalized spacial score (nSPS) is 11.9. The van der Waals surface area contributed by atoms with Crippen LogP contribution in [0.1, 0.15) is 44.1 Å². The van der Waals surface area contributed by atoms with Crippen LogP contribution >= 0.6 is 11.3 Å². The Morgan fingerprint density at radius 3 is 2.81 bits per heavy atom. The molecule has 0 aliphatic heterocycles. The minimum atomic E-state index is -1.38. The molecule has 0 radical (unpaired) electrons. The molecule has 0 aliphatic rings. The van der Waals surface area contributed by atoms with Crippen molar-refractivity contribution < 1.29 is 14.0 Å². The Labute approximate surface area is 126 Å². The SMILES string of the molecule is CCCc1ncc(C(=O)C(C#N)C(=O)c2occc2C)s1. The van der Waals surface area contributed by atoms with Crippen molar-refractivity contribution in [2.45, 2.75) is 26.7 Å². The number of ketones is 2. The van der Waals surface area contributed by atoms with Crippen LogP contribution in [0.2, 0.25) is 0 Å². The van der Waals surface area contributed by atoms with Gasteiger partial charge in [0.05, 0.1) is 22.2 Å². The summed E-state index contributed by atoms with van der Waals surface area (Å²) in [6.07, 6.45) is 4.51. The van der Waals surface area contributed by atoms with Gasteiger partial charge in [-0.15, -0.1) is 11.3 Å². The zero-order valence-corrected chi connectivity index (χ0v) is 12.6. The predicted octanol–water partition coefficient (Wildman–Crippen LogP) is 3.20. The highest BCUT2D eigenvalue weighted by atomic mass is 32.1. The highest BCUT2D eigenvalue weighted by molar-refractivity contribution is 7.13. The van der Waals surface area contributed by atoms with E-state index in [2.05, 4.69) is 4.98 Å². The van der Waals surface area contributed by atoms with E-state index in [1.165, 1.54) is 23.8 Å². The van der Waals surface area contributed by atoms with Crippen molar-refractivity contribution in [3.63, 3.8) is 0 Å². The molecule has 0 aromatic carbocycles. The molecule has 0 aliphatic carbocycles. The van der Waals surface area contributed by atoms with Crippen molar-refractivity contribution in [3.05, 3.63) is 39.7 Å². The third-order valence-electron chi connectivity index (χ3n) is 3.00. The number of rotatable bonds is 6. The number of Topliss-reactive ketones (excluding diaryl/α,β-unsaturated/α-hetero) is 2. The van der Waals surface area contributed by atoms with Crippen molar-refractivity contribution in [1.82, 2.24) is 4.98 Å². The molecule has 0 amide bonds. The first-order chi connectivity index (χ1) is 10.1. The molecule has 2 aromatic heterocycles. The molecular weight excluding hydrogens is 288 g/mol. The third kappa shape index (κ3) is 3.09.